The summed E-state index contributed by atoms with van der Waals surface area (Å²) < 4.78 is 0.888. The van der Waals surface area contributed by atoms with E-state index in [0.29, 0.717) is 41.5 Å². The minimum Gasteiger partial charge on any atom is -0.395 e. The van der Waals surface area contributed by atoms with Gasteiger partial charge in [-0.25, -0.2) is 9.97 Å². The van der Waals surface area contributed by atoms with Gasteiger partial charge >= 0.3 is 0 Å². The number of aliphatic hydroxyl groups excluding tert-OH is 1. The van der Waals surface area contributed by atoms with E-state index in [0.717, 1.165) is 61.4 Å². The Morgan fingerprint density at radius 3 is 2.46 bits per heavy atom. The van der Waals surface area contributed by atoms with E-state index in [2.05, 4.69) is 41.0 Å². The molecule has 0 aliphatic carbocycles. The number of aryl methyl sites for hydroxylation is 2. The van der Waals surface area contributed by atoms with Gasteiger partial charge in [-0.3, -0.25) is 14.7 Å². The number of nitrogens with zero attached hydrogens (tertiary/aromatic N) is 5. The third kappa shape index (κ3) is 8.78. The average Bonchev–Trinajstić information content (AvgIpc) is 2.95. The van der Waals surface area contributed by atoms with Crippen molar-refractivity contribution in [3.05, 3.63) is 75.1 Å². The Morgan fingerprint density at radius 2 is 1.79 bits per heavy atom. The fourth-order valence-corrected chi connectivity index (χ4v) is 5.22. The van der Waals surface area contributed by atoms with Crippen molar-refractivity contribution in [1.29, 1.82) is 0 Å². The quantitative estimate of drug-likeness (QED) is 0.311. The maximum atomic E-state index is 13.0. The van der Waals surface area contributed by atoms with Gasteiger partial charge in [0.15, 0.2) is 5.82 Å². The number of β-amino-alcohol motifs (C(OH)–C–C–N with tert-alkyl or cyclic N) is 1. The predicted molar refractivity (Wildman–Crippen MR) is 158 cm³/mol. The zero-order valence-electron chi connectivity index (χ0n) is 22.3. The Labute approximate surface area is 244 Å². The largest absolute Gasteiger partial charge is 0.395 e. The van der Waals surface area contributed by atoms with Gasteiger partial charge in [-0.15, -0.1) is 0 Å². The number of pyridine rings is 1. The first-order valence-corrected chi connectivity index (χ1v) is 14.6. The summed E-state index contributed by atoms with van der Waals surface area (Å²) in [6.07, 6.45) is 4.26. The van der Waals surface area contributed by atoms with Gasteiger partial charge in [0.1, 0.15) is 5.69 Å². The summed E-state index contributed by atoms with van der Waals surface area (Å²) in [5.41, 5.74) is 3.20. The standard InChI is InChI=1S/C29H36BrClN6O2/c1-21-28(31)25(35-29(33-21)26-10-9-23(30)20-32-26)12-11-24(22-6-3-2-4-7-22)34-27(39)8-5-13-36-14-16-37(17-15-36)18-19-38/h2-4,6-7,9-10,20,24,38H,5,8,11-19H2,1H3,(H,34,39)/t24-/m0/s1. The smallest absolute Gasteiger partial charge is 0.220 e. The number of amides is 1. The van der Waals surface area contributed by atoms with Crippen molar-refractivity contribution < 1.29 is 9.90 Å². The van der Waals surface area contributed by atoms with Crippen molar-refractivity contribution in [2.45, 2.75) is 38.6 Å². The summed E-state index contributed by atoms with van der Waals surface area (Å²) >= 11 is 10.0. The van der Waals surface area contributed by atoms with Gasteiger partial charge in [-0.2, -0.15) is 0 Å². The predicted octanol–water partition coefficient (Wildman–Crippen LogP) is 4.44. The Bertz CT molecular complexity index is 1210. The Morgan fingerprint density at radius 1 is 1.08 bits per heavy atom. The Balaban J connectivity index is 1.36. The van der Waals surface area contributed by atoms with Crippen LogP contribution in [0, 0.1) is 6.92 Å². The van der Waals surface area contributed by atoms with E-state index in [1.54, 1.807) is 6.20 Å². The van der Waals surface area contributed by atoms with Gasteiger partial charge in [0.2, 0.25) is 5.91 Å². The van der Waals surface area contributed by atoms with E-state index in [1.807, 2.05) is 49.4 Å². The summed E-state index contributed by atoms with van der Waals surface area (Å²) in [6, 6.07) is 13.7. The maximum absolute atomic E-state index is 13.0. The van der Waals surface area contributed by atoms with Crippen LogP contribution in [0.15, 0.2) is 53.1 Å². The van der Waals surface area contributed by atoms with Crippen LogP contribution in [0.1, 0.15) is 42.3 Å². The first-order chi connectivity index (χ1) is 18.9. The number of rotatable bonds is 12. The third-order valence-corrected chi connectivity index (χ3v) is 7.97. The van der Waals surface area contributed by atoms with Gasteiger partial charge < -0.3 is 15.3 Å². The third-order valence-electron chi connectivity index (χ3n) is 7.01. The van der Waals surface area contributed by atoms with Crippen molar-refractivity contribution in [3.63, 3.8) is 0 Å². The molecule has 3 aromatic rings. The molecule has 2 aromatic heterocycles. The lowest BCUT2D eigenvalue weighted by Gasteiger charge is -2.34. The molecule has 8 nitrogen and oxygen atoms in total. The van der Waals surface area contributed by atoms with E-state index in [9.17, 15) is 4.79 Å². The molecule has 0 radical (unpaired) electrons. The molecule has 1 aliphatic rings. The lowest BCUT2D eigenvalue weighted by atomic mass is 10.00. The summed E-state index contributed by atoms with van der Waals surface area (Å²) in [7, 11) is 0. The van der Waals surface area contributed by atoms with E-state index in [-0.39, 0.29) is 18.6 Å². The molecule has 1 aromatic carbocycles. The fraction of sp³-hybridized carbons (Fsp3) is 0.448. The zero-order chi connectivity index (χ0) is 27.6. The van der Waals surface area contributed by atoms with E-state index in [1.165, 1.54) is 0 Å². The van der Waals surface area contributed by atoms with Crippen LogP contribution < -0.4 is 5.32 Å². The van der Waals surface area contributed by atoms with Crippen LogP contribution >= 0.6 is 27.5 Å². The fourth-order valence-electron chi connectivity index (χ4n) is 4.80. The normalized spacial score (nSPS) is 15.3. The summed E-state index contributed by atoms with van der Waals surface area (Å²) in [5.74, 6) is 0.587. The summed E-state index contributed by atoms with van der Waals surface area (Å²) in [4.78, 5) is 31.4. The molecule has 1 atom stereocenters. The molecule has 208 valence electrons. The van der Waals surface area contributed by atoms with E-state index >= 15 is 0 Å². The lowest BCUT2D eigenvalue weighted by Crippen LogP contribution is -2.47. The molecule has 0 unspecified atom stereocenters. The van der Waals surface area contributed by atoms with Gasteiger partial charge in [-0.05, 0) is 66.4 Å². The Kier molecular flexibility index (Phi) is 11.2. The monoisotopic (exact) mass is 614 g/mol. The van der Waals surface area contributed by atoms with Crippen molar-refractivity contribution in [1.82, 2.24) is 30.1 Å². The topological polar surface area (TPSA) is 94.5 Å². The number of hydrogen-bond donors (Lipinski definition) is 2. The van der Waals surface area contributed by atoms with Gasteiger partial charge in [0.25, 0.3) is 0 Å². The number of aliphatic hydroxyl groups is 1. The van der Waals surface area contributed by atoms with Gasteiger partial charge in [0, 0.05) is 49.8 Å². The summed E-state index contributed by atoms with van der Waals surface area (Å²) in [5, 5.41) is 12.9. The Hall–Kier alpha value is -2.43. The molecule has 39 heavy (non-hydrogen) atoms. The molecule has 2 N–H and O–H groups in total. The van der Waals surface area contributed by atoms with Crippen LogP contribution in [-0.2, 0) is 11.2 Å². The maximum Gasteiger partial charge on any atom is 0.220 e. The second-order valence-corrected chi connectivity index (χ2v) is 11.1. The first kappa shape index (κ1) is 29.6. The number of hydrogen-bond acceptors (Lipinski definition) is 7. The number of halogens is 2. The second kappa shape index (κ2) is 14.8. The SMILES string of the molecule is Cc1nc(-c2ccc(Br)cn2)nc(CC[C@H](NC(=O)CCCN2CCN(CCO)CC2)c2ccccc2)c1Cl. The van der Waals surface area contributed by atoms with Crippen molar-refractivity contribution >= 4 is 33.4 Å². The number of piperazine rings is 1. The van der Waals surface area contributed by atoms with E-state index in [4.69, 9.17) is 21.7 Å². The number of carbonyl (C=O) groups is 1. The lowest BCUT2D eigenvalue weighted by molar-refractivity contribution is -0.122. The zero-order valence-corrected chi connectivity index (χ0v) is 24.7. The molecule has 1 aliphatic heterocycles. The highest BCUT2D eigenvalue weighted by Gasteiger charge is 2.19. The minimum atomic E-state index is -0.152. The molecule has 1 amide bonds. The van der Waals surface area contributed by atoms with Crippen LogP contribution in [-0.4, -0.2) is 81.6 Å². The number of benzene rings is 1. The number of nitrogens with one attached hydrogen (secondary N) is 1. The van der Waals surface area contributed by atoms with Gasteiger partial charge in [-0.1, -0.05) is 41.9 Å². The van der Waals surface area contributed by atoms with Gasteiger partial charge in [0.05, 0.1) is 29.1 Å². The average molecular weight is 616 g/mol. The van der Waals surface area contributed by atoms with E-state index < -0.39 is 0 Å². The molecule has 0 spiro atoms. The highest BCUT2D eigenvalue weighted by molar-refractivity contribution is 9.10. The van der Waals surface area contributed by atoms with Crippen molar-refractivity contribution in [2.24, 2.45) is 0 Å². The van der Waals surface area contributed by atoms with Crippen LogP contribution in [0.25, 0.3) is 11.5 Å². The number of carbonyl (C=O) groups excluding carboxylic acids is 1. The van der Waals surface area contributed by atoms with Crippen LogP contribution in [0.3, 0.4) is 0 Å². The van der Waals surface area contributed by atoms with Crippen LogP contribution in [0.5, 0.6) is 0 Å². The second-order valence-electron chi connectivity index (χ2n) is 9.83. The van der Waals surface area contributed by atoms with Crippen LogP contribution in [0.4, 0.5) is 0 Å². The number of aromatic nitrogens is 3. The highest BCUT2D eigenvalue weighted by Crippen LogP contribution is 2.26. The molecular formula is C29H36BrClN6O2. The molecule has 10 heteroatoms. The highest BCUT2D eigenvalue weighted by atomic mass is 79.9. The first-order valence-electron chi connectivity index (χ1n) is 13.5. The van der Waals surface area contributed by atoms with Crippen molar-refractivity contribution in [3.8, 4) is 11.5 Å². The molecule has 1 saturated heterocycles. The molecular weight excluding hydrogens is 580 g/mol. The van der Waals surface area contributed by atoms with Crippen LogP contribution in [0.2, 0.25) is 5.02 Å². The molecule has 0 bridgehead atoms. The minimum absolute atomic E-state index is 0.0486. The molecule has 4 rings (SSSR count). The molecule has 1 fully saturated rings. The molecule has 3 heterocycles. The molecule has 0 saturated carbocycles. The summed E-state index contributed by atoms with van der Waals surface area (Å²) in [6.45, 7) is 7.60. The van der Waals surface area contributed by atoms with Crippen molar-refractivity contribution in [2.75, 3.05) is 45.9 Å².